The Morgan fingerprint density at radius 2 is 1.71 bits per heavy atom. The molecule has 0 saturated carbocycles. The molecule has 3 nitrogen and oxygen atoms in total. The van der Waals surface area contributed by atoms with Gasteiger partial charge in [0.25, 0.3) is 0 Å². The molecule has 2 rings (SSSR count). The van der Waals surface area contributed by atoms with E-state index in [-0.39, 0.29) is 12.2 Å². The van der Waals surface area contributed by atoms with Gasteiger partial charge in [0.2, 0.25) is 0 Å². The van der Waals surface area contributed by atoms with Crippen LogP contribution in [-0.2, 0) is 6.54 Å². The van der Waals surface area contributed by atoms with E-state index in [2.05, 4.69) is 31.2 Å². The van der Waals surface area contributed by atoms with Crippen LogP contribution >= 0.6 is 15.9 Å². The van der Waals surface area contributed by atoms with Crippen molar-refractivity contribution in [1.29, 1.82) is 0 Å². The molecule has 0 atom stereocenters. The number of hydrogen-bond donors (Lipinski definition) is 1. The summed E-state index contributed by atoms with van der Waals surface area (Å²) in [6, 6.07) is 4.05. The Labute approximate surface area is 105 Å². The maximum absolute atomic E-state index is 13.4. The zero-order chi connectivity index (χ0) is 12.3. The SMILES string of the molecule is Fc1cc(Br)cc(F)c1NCc1ncccn1. The van der Waals surface area contributed by atoms with Crippen LogP contribution in [0.5, 0.6) is 0 Å². The van der Waals surface area contributed by atoms with E-state index in [1.54, 1.807) is 18.5 Å². The maximum atomic E-state index is 13.4. The Balaban J connectivity index is 2.15. The summed E-state index contributed by atoms with van der Waals surface area (Å²) in [5.41, 5.74) is -0.180. The summed E-state index contributed by atoms with van der Waals surface area (Å²) in [4.78, 5) is 7.89. The van der Waals surface area contributed by atoms with Crippen molar-refractivity contribution in [2.24, 2.45) is 0 Å². The summed E-state index contributed by atoms with van der Waals surface area (Å²) >= 11 is 3.01. The highest BCUT2D eigenvalue weighted by molar-refractivity contribution is 9.10. The van der Waals surface area contributed by atoms with Crippen molar-refractivity contribution in [2.45, 2.75) is 6.54 Å². The van der Waals surface area contributed by atoms with Crippen LogP contribution in [-0.4, -0.2) is 9.97 Å². The first kappa shape index (κ1) is 11.9. The highest BCUT2D eigenvalue weighted by atomic mass is 79.9. The van der Waals surface area contributed by atoms with Crippen LogP contribution in [0, 0.1) is 11.6 Å². The molecular weight excluding hydrogens is 292 g/mol. The predicted molar refractivity (Wildman–Crippen MR) is 63.4 cm³/mol. The number of halogens is 3. The van der Waals surface area contributed by atoms with Crippen molar-refractivity contribution in [3.05, 3.63) is 52.5 Å². The highest BCUT2D eigenvalue weighted by Crippen LogP contribution is 2.23. The van der Waals surface area contributed by atoms with Crippen LogP contribution < -0.4 is 5.32 Å². The fraction of sp³-hybridized carbons (Fsp3) is 0.0909. The third kappa shape index (κ3) is 2.97. The van der Waals surface area contributed by atoms with Gasteiger partial charge in [-0.05, 0) is 18.2 Å². The molecular formula is C11H8BrF2N3. The highest BCUT2D eigenvalue weighted by Gasteiger charge is 2.10. The van der Waals surface area contributed by atoms with E-state index in [9.17, 15) is 8.78 Å². The van der Waals surface area contributed by atoms with E-state index < -0.39 is 11.6 Å². The van der Waals surface area contributed by atoms with Crippen molar-refractivity contribution >= 4 is 21.6 Å². The van der Waals surface area contributed by atoms with Crippen LogP contribution in [0.15, 0.2) is 35.1 Å². The molecule has 0 aliphatic heterocycles. The number of nitrogens with one attached hydrogen (secondary N) is 1. The molecule has 1 N–H and O–H groups in total. The van der Waals surface area contributed by atoms with Gasteiger partial charge in [-0.3, -0.25) is 0 Å². The standard InChI is InChI=1S/C11H8BrF2N3/c12-7-4-8(13)11(9(14)5-7)17-6-10-15-2-1-3-16-10/h1-5,17H,6H2. The second kappa shape index (κ2) is 5.18. The lowest BCUT2D eigenvalue weighted by Gasteiger charge is -2.08. The molecule has 2 aromatic rings. The monoisotopic (exact) mass is 299 g/mol. The van der Waals surface area contributed by atoms with Gasteiger partial charge in [0.15, 0.2) is 0 Å². The Hall–Kier alpha value is -1.56. The van der Waals surface area contributed by atoms with Crippen molar-refractivity contribution in [3.8, 4) is 0 Å². The third-order valence-electron chi connectivity index (χ3n) is 2.05. The summed E-state index contributed by atoms with van der Waals surface area (Å²) in [6.07, 6.45) is 3.14. The lowest BCUT2D eigenvalue weighted by molar-refractivity contribution is 0.586. The zero-order valence-corrected chi connectivity index (χ0v) is 10.2. The number of aromatic nitrogens is 2. The predicted octanol–water partition coefficient (Wildman–Crippen LogP) is 3.13. The van der Waals surface area contributed by atoms with Crippen molar-refractivity contribution in [2.75, 3.05) is 5.32 Å². The van der Waals surface area contributed by atoms with Gasteiger partial charge in [-0.2, -0.15) is 0 Å². The largest absolute Gasteiger partial charge is 0.373 e. The molecule has 17 heavy (non-hydrogen) atoms. The van der Waals surface area contributed by atoms with Crippen molar-refractivity contribution < 1.29 is 8.78 Å². The zero-order valence-electron chi connectivity index (χ0n) is 8.62. The summed E-state index contributed by atoms with van der Waals surface area (Å²) in [6.45, 7) is 0.163. The second-order valence-electron chi connectivity index (χ2n) is 3.26. The minimum Gasteiger partial charge on any atom is -0.373 e. The third-order valence-corrected chi connectivity index (χ3v) is 2.51. The molecule has 1 aromatic heterocycles. The van der Waals surface area contributed by atoms with E-state index in [1.807, 2.05) is 0 Å². The Kier molecular flexibility index (Phi) is 3.63. The molecule has 0 bridgehead atoms. The quantitative estimate of drug-likeness (QED) is 0.946. The van der Waals surface area contributed by atoms with Crippen LogP contribution in [0.1, 0.15) is 5.82 Å². The second-order valence-corrected chi connectivity index (χ2v) is 4.18. The Morgan fingerprint density at radius 3 is 2.29 bits per heavy atom. The molecule has 1 heterocycles. The van der Waals surface area contributed by atoms with Gasteiger partial charge >= 0.3 is 0 Å². The summed E-state index contributed by atoms with van der Waals surface area (Å²) in [5.74, 6) is -0.852. The minimum atomic E-state index is -0.659. The first-order valence-electron chi connectivity index (χ1n) is 4.81. The number of benzene rings is 1. The van der Waals surface area contributed by atoms with E-state index in [0.717, 1.165) is 0 Å². The van der Waals surface area contributed by atoms with Gasteiger partial charge in [-0.25, -0.2) is 18.7 Å². The molecule has 0 amide bonds. The fourth-order valence-electron chi connectivity index (χ4n) is 1.30. The van der Waals surface area contributed by atoms with Crippen molar-refractivity contribution in [1.82, 2.24) is 9.97 Å². The van der Waals surface area contributed by atoms with E-state index in [4.69, 9.17) is 0 Å². The average Bonchev–Trinajstić information content (AvgIpc) is 2.29. The Morgan fingerprint density at radius 1 is 1.12 bits per heavy atom. The minimum absolute atomic E-state index is 0.163. The van der Waals surface area contributed by atoms with Crippen LogP contribution in [0.4, 0.5) is 14.5 Å². The van der Waals surface area contributed by atoms with Crippen molar-refractivity contribution in [3.63, 3.8) is 0 Å². The molecule has 0 saturated heterocycles. The normalized spacial score (nSPS) is 10.3. The van der Waals surface area contributed by atoms with Gasteiger partial charge < -0.3 is 5.32 Å². The smallest absolute Gasteiger partial charge is 0.150 e. The van der Waals surface area contributed by atoms with Crippen LogP contribution in [0.3, 0.4) is 0 Å². The lowest BCUT2D eigenvalue weighted by Crippen LogP contribution is -2.06. The fourth-order valence-corrected chi connectivity index (χ4v) is 1.70. The first-order chi connectivity index (χ1) is 8.16. The number of hydrogen-bond acceptors (Lipinski definition) is 3. The summed E-state index contributed by atoms with van der Waals surface area (Å²) in [7, 11) is 0. The molecule has 1 aromatic carbocycles. The number of anilines is 1. The molecule has 88 valence electrons. The molecule has 0 radical (unpaired) electrons. The van der Waals surface area contributed by atoms with E-state index in [0.29, 0.717) is 10.3 Å². The number of nitrogens with zero attached hydrogens (tertiary/aromatic N) is 2. The van der Waals surface area contributed by atoms with E-state index >= 15 is 0 Å². The van der Waals surface area contributed by atoms with Gasteiger partial charge in [-0.1, -0.05) is 15.9 Å². The van der Waals surface area contributed by atoms with E-state index in [1.165, 1.54) is 12.1 Å². The topological polar surface area (TPSA) is 37.8 Å². The van der Waals surface area contributed by atoms with Gasteiger partial charge in [0.05, 0.1) is 6.54 Å². The first-order valence-corrected chi connectivity index (χ1v) is 5.60. The summed E-state index contributed by atoms with van der Waals surface area (Å²) in [5, 5.41) is 2.63. The van der Waals surface area contributed by atoms with Crippen LogP contribution in [0.25, 0.3) is 0 Å². The average molecular weight is 300 g/mol. The molecule has 0 unspecified atom stereocenters. The molecule has 0 fully saturated rings. The van der Waals surface area contributed by atoms with Gasteiger partial charge in [0, 0.05) is 16.9 Å². The molecule has 0 spiro atoms. The molecule has 0 aliphatic rings. The molecule has 6 heteroatoms. The Bertz CT molecular complexity index is 496. The van der Waals surface area contributed by atoms with Gasteiger partial charge in [0.1, 0.15) is 23.1 Å². The summed E-state index contributed by atoms with van der Waals surface area (Å²) < 4.78 is 27.2. The molecule has 0 aliphatic carbocycles. The van der Waals surface area contributed by atoms with Crippen LogP contribution in [0.2, 0.25) is 0 Å². The lowest BCUT2D eigenvalue weighted by atomic mass is 10.3. The number of rotatable bonds is 3. The maximum Gasteiger partial charge on any atom is 0.150 e. The van der Waals surface area contributed by atoms with Gasteiger partial charge in [-0.15, -0.1) is 0 Å².